The lowest BCUT2D eigenvalue weighted by molar-refractivity contribution is -0.117. The zero-order chi connectivity index (χ0) is 18.8. The van der Waals surface area contributed by atoms with E-state index in [9.17, 15) is 9.59 Å². The van der Waals surface area contributed by atoms with Crippen LogP contribution < -0.4 is 11.0 Å². The molecule has 0 unspecified atom stereocenters. The summed E-state index contributed by atoms with van der Waals surface area (Å²) < 4.78 is 2.16. The number of thiophene rings is 1. The third-order valence-corrected chi connectivity index (χ3v) is 5.39. The number of benzene rings is 1. The molecule has 1 amide bonds. The van der Waals surface area contributed by atoms with Gasteiger partial charge in [-0.1, -0.05) is 23.7 Å². The number of hydrogen-bond donors (Lipinski definition) is 1. The van der Waals surface area contributed by atoms with Crippen molar-refractivity contribution in [3.63, 3.8) is 0 Å². The predicted octanol–water partition coefficient (Wildman–Crippen LogP) is 2.91. The number of tetrazole rings is 1. The van der Waals surface area contributed by atoms with E-state index < -0.39 is 11.6 Å². The van der Waals surface area contributed by atoms with Crippen molar-refractivity contribution in [2.24, 2.45) is 0 Å². The van der Waals surface area contributed by atoms with Gasteiger partial charge in [0.1, 0.15) is 11.5 Å². The highest BCUT2D eigenvalue weighted by atomic mass is 35.5. The van der Waals surface area contributed by atoms with Gasteiger partial charge >= 0.3 is 5.69 Å². The highest BCUT2D eigenvalue weighted by molar-refractivity contribution is 7.14. The molecule has 8 nitrogen and oxygen atoms in total. The molecule has 0 saturated carbocycles. The minimum atomic E-state index is -0.478. The van der Waals surface area contributed by atoms with E-state index in [-0.39, 0.29) is 6.54 Å². The number of aromatic nitrogens is 5. The van der Waals surface area contributed by atoms with E-state index in [2.05, 4.69) is 20.7 Å². The maximum Gasteiger partial charge on any atom is 0.369 e. The molecular weight excluding hydrogens is 408 g/mol. The van der Waals surface area contributed by atoms with Crippen molar-refractivity contribution >= 4 is 45.3 Å². The average Bonchev–Trinajstić information content (AvgIpc) is 3.39. The fourth-order valence-electron chi connectivity index (χ4n) is 2.28. The minimum Gasteiger partial charge on any atom is -0.300 e. The van der Waals surface area contributed by atoms with Crippen LogP contribution in [-0.2, 0) is 11.3 Å². The summed E-state index contributed by atoms with van der Waals surface area (Å²) in [5.74, 6) is -0.410. The van der Waals surface area contributed by atoms with E-state index in [0.717, 1.165) is 20.6 Å². The van der Waals surface area contributed by atoms with E-state index in [1.165, 1.54) is 22.7 Å². The summed E-state index contributed by atoms with van der Waals surface area (Å²) in [6.07, 6.45) is 0. The Bertz CT molecular complexity index is 1130. The van der Waals surface area contributed by atoms with Crippen LogP contribution in [0.15, 0.2) is 52.0 Å². The van der Waals surface area contributed by atoms with Crippen molar-refractivity contribution in [1.82, 2.24) is 24.8 Å². The number of rotatable bonds is 5. The Morgan fingerprint density at radius 3 is 2.70 bits per heavy atom. The highest BCUT2D eigenvalue weighted by Gasteiger charge is 2.14. The number of hydrogen-bond acceptors (Lipinski definition) is 7. The van der Waals surface area contributed by atoms with Crippen molar-refractivity contribution in [2.75, 3.05) is 5.32 Å². The number of halogens is 1. The Balaban J connectivity index is 1.45. The molecule has 4 aromatic rings. The lowest BCUT2D eigenvalue weighted by Gasteiger charge is -2.00. The van der Waals surface area contributed by atoms with Crippen LogP contribution in [0.1, 0.15) is 0 Å². The Morgan fingerprint density at radius 2 is 1.96 bits per heavy atom. The Kier molecular flexibility index (Phi) is 4.84. The summed E-state index contributed by atoms with van der Waals surface area (Å²) in [4.78, 5) is 28.9. The van der Waals surface area contributed by atoms with Gasteiger partial charge in [-0.25, -0.2) is 9.78 Å². The molecule has 0 atom stereocenters. The van der Waals surface area contributed by atoms with E-state index in [4.69, 9.17) is 11.6 Å². The van der Waals surface area contributed by atoms with E-state index in [1.807, 2.05) is 22.9 Å². The third-order valence-electron chi connectivity index (χ3n) is 3.54. The highest BCUT2D eigenvalue weighted by Crippen LogP contribution is 2.25. The summed E-state index contributed by atoms with van der Waals surface area (Å²) in [6, 6.07) is 10.8. The number of anilines is 1. The van der Waals surface area contributed by atoms with Crippen molar-refractivity contribution in [2.45, 2.75) is 6.54 Å². The molecule has 1 N–H and O–H groups in total. The van der Waals surface area contributed by atoms with Gasteiger partial charge in [0.05, 0.1) is 5.69 Å². The summed E-state index contributed by atoms with van der Waals surface area (Å²) in [7, 11) is 0. The molecule has 136 valence electrons. The standard InChI is InChI=1S/C16H11ClN6O2S2/c17-11-5-3-10(4-6-11)12-9-27-15(18-12)19-13(24)8-22-16(25)23(21-20-22)14-2-1-7-26-14/h1-7,9H,8H2,(H,18,19,24). The molecule has 11 heteroatoms. The van der Waals surface area contributed by atoms with E-state index in [1.54, 1.807) is 24.3 Å². The largest absolute Gasteiger partial charge is 0.369 e. The van der Waals surface area contributed by atoms with Gasteiger partial charge in [-0.15, -0.1) is 22.7 Å². The number of carbonyl (C=O) groups is 1. The molecule has 0 aliphatic carbocycles. The Labute approximate surface area is 165 Å². The zero-order valence-corrected chi connectivity index (χ0v) is 16.0. The molecule has 0 saturated heterocycles. The van der Waals surface area contributed by atoms with Gasteiger partial charge in [-0.2, -0.15) is 9.36 Å². The monoisotopic (exact) mass is 418 g/mol. The SMILES string of the molecule is O=C(Cn1nnn(-c2cccs2)c1=O)Nc1nc(-c2ccc(Cl)cc2)cs1. The second-order valence-electron chi connectivity index (χ2n) is 5.38. The topological polar surface area (TPSA) is 94.7 Å². The quantitative estimate of drug-likeness (QED) is 0.537. The van der Waals surface area contributed by atoms with Crippen molar-refractivity contribution in [3.05, 3.63) is 62.7 Å². The van der Waals surface area contributed by atoms with Gasteiger partial charge in [0.2, 0.25) is 5.91 Å². The molecule has 3 aromatic heterocycles. The molecule has 0 aliphatic heterocycles. The average molecular weight is 419 g/mol. The maximum absolute atomic E-state index is 12.3. The fraction of sp³-hybridized carbons (Fsp3) is 0.0625. The second-order valence-corrected chi connectivity index (χ2v) is 7.60. The van der Waals surface area contributed by atoms with Crippen molar-refractivity contribution in [1.29, 1.82) is 0 Å². The maximum atomic E-state index is 12.3. The van der Waals surface area contributed by atoms with Crippen LogP contribution in [0.25, 0.3) is 16.3 Å². The fourth-order valence-corrected chi connectivity index (χ4v) is 3.81. The summed E-state index contributed by atoms with van der Waals surface area (Å²) >= 11 is 8.53. The Morgan fingerprint density at radius 1 is 1.15 bits per heavy atom. The lowest BCUT2D eigenvalue weighted by Crippen LogP contribution is -2.29. The number of amides is 1. The second kappa shape index (κ2) is 7.43. The lowest BCUT2D eigenvalue weighted by atomic mass is 10.2. The molecule has 0 spiro atoms. The first-order valence-electron chi connectivity index (χ1n) is 7.68. The number of thiazole rings is 1. The van der Waals surface area contributed by atoms with Gasteiger partial charge in [-0.05, 0) is 40.1 Å². The normalized spacial score (nSPS) is 10.9. The van der Waals surface area contributed by atoms with Crippen LogP contribution in [0.2, 0.25) is 5.02 Å². The van der Waals surface area contributed by atoms with Crippen molar-refractivity contribution < 1.29 is 4.79 Å². The van der Waals surface area contributed by atoms with Gasteiger partial charge in [0.15, 0.2) is 5.13 Å². The summed E-state index contributed by atoms with van der Waals surface area (Å²) in [5, 5.41) is 15.6. The van der Waals surface area contributed by atoms with Gasteiger partial charge in [0, 0.05) is 16.0 Å². The van der Waals surface area contributed by atoms with Gasteiger partial charge in [0.25, 0.3) is 0 Å². The molecule has 0 fully saturated rings. The van der Waals surface area contributed by atoms with Crippen molar-refractivity contribution in [3.8, 4) is 16.3 Å². The number of nitrogens with zero attached hydrogens (tertiary/aromatic N) is 5. The predicted molar refractivity (Wildman–Crippen MR) is 105 cm³/mol. The molecule has 0 radical (unpaired) electrons. The zero-order valence-electron chi connectivity index (χ0n) is 13.6. The molecule has 27 heavy (non-hydrogen) atoms. The molecule has 1 aromatic carbocycles. The molecule has 0 aliphatic rings. The first-order chi connectivity index (χ1) is 13.1. The van der Waals surface area contributed by atoms with Crippen LogP contribution >= 0.6 is 34.3 Å². The smallest absolute Gasteiger partial charge is 0.300 e. The minimum absolute atomic E-state index is 0.250. The Hall–Kier alpha value is -2.82. The van der Waals surface area contributed by atoms with Crippen LogP contribution in [0, 0.1) is 0 Å². The third kappa shape index (κ3) is 3.82. The van der Waals surface area contributed by atoms with Gasteiger partial charge < -0.3 is 5.32 Å². The molecule has 3 heterocycles. The summed E-state index contributed by atoms with van der Waals surface area (Å²) in [5.41, 5.74) is 1.15. The van der Waals surface area contributed by atoms with Crippen LogP contribution in [-0.4, -0.2) is 30.7 Å². The molecule has 4 rings (SSSR count). The van der Waals surface area contributed by atoms with Crippen LogP contribution in [0.4, 0.5) is 5.13 Å². The first-order valence-corrected chi connectivity index (χ1v) is 9.82. The molecular formula is C16H11ClN6O2S2. The van der Waals surface area contributed by atoms with Crippen LogP contribution in [0.5, 0.6) is 0 Å². The molecule has 0 bridgehead atoms. The number of carbonyl (C=O) groups excluding carboxylic acids is 1. The van der Waals surface area contributed by atoms with E-state index in [0.29, 0.717) is 15.2 Å². The number of nitrogens with one attached hydrogen (secondary N) is 1. The first kappa shape index (κ1) is 17.6. The van der Waals surface area contributed by atoms with Gasteiger partial charge in [-0.3, -0.25) is 4.79 Å². The summed E-state index contributed by atoms with van der Waals surface area (Å²) in [6.45, 7) is -0.250. The van der Waals surface area contributed by atoms with E-state index >= 15 is 0 Å². The van der Waals surface area contributed by atoms with Crippen LogP contribution in [0.3, 0.4) is 0 Å².